The van der Waals surface area contributed by atoms with Crippen molar-refractivity contribution in [3.63, 3.8) is 0 Å². The average Bonchev–Trinajstić information content (AvgIpc) is 0.776. The summed E-state index contributed by atoms with van der Waals surface area (Å²) < 4.78 is 83.8. The fourth-order valence-corrected chi connectivity index (χ4v) is 14.9. The molecule has 548 valence electrons. The normalized spacial score (nSPS) is 24.1. The third-order valence-corrected chi connectivity index (χ3v) is 20.3. The lowest BCUT2D eigenvalue weighted by atomic mass is 9.75. The molecule has 3 saturated heterocycles. The molecular formula is C89H109NO13. The predicted octanol–water partition coefficient (Wildman–Crippen LogP) is 17.3. The van der Waals surface area contributed by atoms with Gasteiger partial charge in [-0.15, -0.1) is 0 Å². The summed E-state index contributed by atoms with van der Waals surface area (Å²) >= 11 is 0. The van der Waals surface area contributed by atoms with E-state index in [1.165, 1.54) is 12.8 Å². The summed E-state index contributed by atoms with van der Waals surface area (Å²) in [6.45, 7) is 8.18. The van der Waals surface area contributed by atoms with Gasteiger partial charge in [-0.1, -0.05) is 269 Å². The topological polar surface area (TPSA) is 140 Å². The Morgan fingerprint density at radius 1 is 0.379 bits per heavy atom. The fraction of sp³-hybridized carbons (Fsp3) is 0.449. The first-order valence-electron chi connectivity index (χ1n) is 37.7. The van der Waals surface area contributed by atoms with Crippen molar-refractivity contribution in [1.29, 1.82) is 0 Å². The zero-order valence-corrected chi connectivity index (χ0v) is 60.7. The summed E-state index contributed by atoms with van der Waals surface area (Å²) in [6, 6.07) is 79.7. The van der Waals surface area contributed by atoms with Crippen molar-refractivity contribution in [3.8, 4) is 5.75 Å². The van der Waals surface area contributed by atoms with E-state index in [9.17, 15) is 4.79 Å². The number of carbonyl (C=O) groups is 1. The number of unbranched alkanes of at least 4 members (excludes halogenated alkanes) is 7. The van der Waals surface area contributed by atoms with Gasteiger partial charge in [0.25, 0.3) is 0 Å². The third-order valence-electron chi connectivity index (χ3n) is 20.3. The Morgan fingerprint density at radius 2 is 0.777 bits per heavy atom. The lowest BCUT2D eigenvalue weighted by molar-refractivity contribution is -0.270. The number of carbonyl (C=O) groups excluding carboxylic acids is 1. The molecule has 0 saturated carbocycles. The van der Waals surface area contributed by atoms with Crippen LogP contribution in [-0.4, -0.2) is 106 Å². The zero-order chi connectivity index (χ0) is 70.9. The minimum absolute atomic E-state index is 0.142. The van der Waals surface area contributed by atoms with E-state index in [4.69, 9.17) is 56.8 Å². The Labute approximate surface area is 612 Å². The van der Waals surface area contributed by atoms with Gasteiger partial charge >= 0.3 is 0 Å². The van der Waals surface area contributed by atoms with Crippen molar-refractivity contribution in [2.45, 2.75) is 217 Å². The van der Waals surface area contributed by atoms with E-state index in [1.807, 2.05) is 127 Å². The van der Waals surface area contributed by atoms with Gasteiger partial charge < -0.3 is 62.2 Å². The van der Waals surface area contributed by atoms with Crippen LogP contribution < -0.4 is 10.1 Å². The molecule has 0 aromatic heterocycles. The van der Waals surface area contributed by atoms with Crippen LogP contribution in [0.25, 0.3) is 0 Å². The molecule has 0 unspecified atom stereocenters. The molecule has 0 spiro atoms. The molecule has 14 heteroatoms. The summed E-state index contributed by atoms with van der Waals surface area (Å²) in [5.41, 5.74) is 8.52. The summed E-state index contributed by atoms with van der Waals surface area (Å²) in [7, 11) is 1.68. The minimum Gasteiger partial charge on any atom is -0.497 e. The van der Waals surface area contributed by atoms with Gasteiger partial charge in [0, 0.05) is 19.4 Å². The van der Waals surface area contributed by atoms with Crippen LogP contribution in [0.5, 0.6) is 5.75 Å². The van der Waals surface area contributed by atoms with E-state index < -0.39 is 61.0 Å². The number of ether oxygens (including phenoxy) is 12. The second kappa shape index (κ2) is 42.5. The second-order valence-electron chi connectivity index (χ2n) is 28.1. The maximum absolute atomic E-state index is 13.9. The highest BCUT2D eigenvalue weighted by atomic mass is 16.6. The Balaban J connectivity index is 0.900. The van der Waals surface area contributed by atoms with Crippen LogP contribution in [0.2, 0.25) is 0 Å². The van der Waals surface area contributed by atoms with Crippen LogP contribution >= 0.6 is 0 Å². The van der Waals surface area contributed by atoms with Crippen LogP contribution in [0.4, 0.5) is 0 Å². The van der Waals surface area contributed by atoms with Crippen LogP contribution in [0.3, 0.4) is 0 Å². The lowest BCUT2D eigenvalue weighted by Gasteiger charge is -2.51. The van der Waals surface area contributed by atoms with Gasteiger partial charge in [-0.3, -0.25) is 4.79 Å². The smallest absolute Gasteiger partial charge is 0.217 e. The van der Waals surface area contributed by atoms with Crippen molar-refractivity contribution in [3.05, 3.63) is 281 Å². The van der Waals surface area contributed by atoms with Gasteiger partial charge in [0.05, 0.1) is 122 Å². The molecule has 11 rings (SSSR count). The number of hydrogen-bond donors (Lipinski definition) is 1. The molecule has 3 aliphatic rings. The molecule has 0 aliphatic carbocycles. The van der Waals surface area contributed by atoms with Crippen LogP contribution in [0.15, 0.2) is 237 Å². The molecule has 3 aliphatic heterocycles. The first-order chi connectivity index (χ1) is 50.8. The molecule has 14 nitrogen and oxygen atoms in total. The zero-order valence-electron chi connectivity index (χ0n) is 60.7. The largest absolute Gasteiger partial charge is 0.497 e. The van der Waals surface area contributed by atoms with E-state index in [1.54, 1.807) is 14.0 Å². The molecule has 8 aromatic rings. The van der Waals surface area contributed by atoms with Gasteiger partial charge in [-0.05, 0) is 102 Å². The Bertz CT molecular complexity index is 3570. The van der Waals surface area contributed by atoms with Gasteiger partial charge in [-0.25, -0.2) is 0 Å². The monoisotopic (exact) mass is 1400 g/mol. The van der Waals surface area contributed by atoms with Crippen molar-refractivity contribution >= 4 is 5.91 Å². The first-order valence-corrected chi connectivity index (χ1v) is 37.7. The lowest BCUT2D eigenvalue weighted by Crippen LogP contribution is -2.63. The standard InChI is InChI=1S/C89H109NO13/c1-66-86(97-60-71-39-23-13-24-40-71)89(100-63-74-45-29-16-30-46-74)88(99-62-73-43-27-15-28-44-73)82(101-66)54-76-53-81(96-59-70-37-21-12-22-38-70)84(65-95-58-69-35-19-11-20-36-69)103-80(76)55-78-83(64-94-57-68-33-17-10-18-34-68)102-79(85(90-67(2)91)87(78)98-61-72-41-25-14-26-42-72)47-31-8-6-4-5-7-9-32-52-93-56-75-48-50-77(92-3)51-49-75/h10-30,33-46,48-51,66,76,78-89H,4-9,31-32,47,52-65H2,1-3H3,(H,90,91)/t66-,76-,78+,79-,80-,81+,82-,83+,84+,85-,86+,87-,88+,89+/m0/s1. The number of rotatable bonds is 42. The molecule has 1 N–H and O–H groups in total. The molecule has 1 amide bonds. The fourth-order valence-electron chi connectivity index (χ4n) is 14.9. The third kappa shape index (κ3) is 24.9. The Morgan fingerprint density at radius 3 is 1.26 bits per heavy atom. The first kappa shape index (κ1) is 76.7. The highest BCUT2D eigenvalue weighted by Gasteiger charge is 2.53. The molecule has 0 radical (unpaired) electrons. The van der Waals surface area contributed by atoms with Crippen molar-refractivity contribution in [1.82, 2.24) is 5.32 Å². The summed E-state index contributed by atoms with van der Waals surface area (Å²) in [4.78, 5) is 13.9. The van der Waals surface area contributed by atoms with Crippen LogP contribution in [0, 0.1) is 11.8 Å². The highest BCUT2D eigenvalue weighted by molar-refractivity contribution is 5.73. The maximum Gasteiger partial charge on any atom is 0.217 e. The van der Waals surface area contributed by atoms with Crippen molar-refractivity contribution < 1.29 is 61.6 Å². The molecule has 3 heterocycles. The van der Waals surface area contributed by atoms with E-state index >= 15 is 0 Å². The van der Waals surface area contributed by atoms with E-state index in [0.717, 1.165) is 102 Å². The average molecular weight is 1400 g/mol. The molecule has 103 heavy (non-hydrogen) atoms. The van der Waals surface area contributed by atoms with Crippen molar-refractivity contribution in [2.75, 3.05) is 26.9 Å². The number of nitrogens with one attached hydrogen (secondary N) is 1. The second-order valence-corrected chi connectivity index (χ2v) is 28.1. The molecular weight excluding hydrogens is 1290 g/mol. The SMILES string of the molecule is COc1ccc(COCCCCCCCCCC[C@@H]2O[C@H](COCc3ccccc3)[C@@H](C[C@@H]3O[C@H](COCc4ccccc4)[C@H](OCc4ccccc4)C[C@H]3C[C@@H]3O[C@@H](C)[C@@H](OCc4ccccc4)[C@@H](OCc4ccccc4)[C@@H]3OCc3ccccc3)[C@H](OCc3ccccc3)[C@H]2NC(C)=O)cc1. The van der Waals surface area contributed by atoms with Gasteiger partial charge in [0.1, 0.15) is 30.2 Å². The van der Waals surface area contributed by atoms with Gasteiger partial charge in [-0.2, -0.15) is 0 Å². The quantitative estimate of drug-likeness (QED) is 0.0363. The Kier molecular flexibility index (Phi) is 31.7. The van der Waals surface area contributed by atoms with Gasteiger partial charge in [0.2, 0.25) is 5.91 Å². The van der Waals surface area contributed by atoms with Crippen LogP contribution in [-0.2, 0) is 110 Å². The highest BCUT2D eigenvalue weighted by Crippen LogP contribution is 2.43. The Hall–Kier alpha value is -7.41. The summed E-state index contributed by atoms with van der Waals surface area (Å²) in [6.07, 6.45) is 5.89. The van der Waals surface area contributed by atoms with E-state index in [0.29, 0.717) is 72.1 Å². The molecule has 3 fully saturated rings. The van der Waals surface area contributed by atoms with E-state index in [-0.39, 0.29) is 43.2 Å². The van der Waals surface area contributed by atoms with E-state index in [2.05, 4.69) is 121 Å². The minimum atomic E-state index is -0.594. The number of methoxy groups -OCH3 is 1. The predicted molar refractivity (Wildman–Crippen MR) is 402 cm³/mol. The molecule has 8 aromatic carbocycles. The number of benzene rings is 8. The maximum atomic E-state index is 13.9. The number of amides is 1. The molecule has 0 bridgehead atoms. The summed E-state index contributed by atoms with van der Waals surface area (Å²) in [5, 5.41) is 3.46. The molecule has 14 atom stereocenters. The van der Waals surface area contributed by atoms with Gasteiger partial charge in [0.15, 0.2) is 0 Å². The number of hydrogen-bond acceptors (Lipinski definition) is 13. The van der Waals surface area contributed by atoms with Crippen molar-refractivity contribution in [2.24, 2.45) is 11.8 Å². The summed E-state index contributed by atoms with van der Waals surface area (Å²) in [5.74, 6) is 0.162. The van der Waals surface area contributed by atoms with Crippen LogP contribution in [0.1, 0.15) is 135 Å².